The van der Waals surface area contributed by atoms with E-state index < -0.39 is 0 Å². The largest absolute Gasteiger partial charge is 0.456 e. The molecule has 10 rings (SSSR count). The van der Waals surface area contributed by atoms with Crippen molar-refractivity contribution in [2.45, 2.75) is 0 Å². The molecule has 0 atom stereocenters. The molecule has 0 radical (unpaired) electrons. The number of hydrogen-bond acceptors (Lipinski definition) is 4. The topological polar surface area (TPSA) is 29.5 Å². The van der Waals surface area contributed by atoms with Crippen LogP contribution in [-0.4, -0.2) is 0 Å². The van der Waals surface area contributed by atoms with Gasteiger partial charge in [0.1, 0.15) is 22.3 Å². The van der Waals surface area contributed by atoms with Crippen molar-refractivity contribution in [2.75, 3.05) is 4.90 Å². The molecule has 0 spiro atoms. The Bertz CT molecular complexity index is 2750. The van der Waals surface area contributed by atoms with Gasteiger partial charge in [0.25, 0.3) is 0 Å². The van der Waals surface area contributed by atoms with Crippen molar-refractivity contribution in [3.8, 4) is 0 Å². The number of rotatable bonds is 3. The second kappa shape index (κ2) is 8.96. The van der Waals surface area contributed by atoms with Crippen molar-refractivity contribution >= 4 is 103 Å². The Labute approximate surface area is 255 Å². The summed E-state index contributed by atoms with van der Waals surface area (Å²) in [5.74, 6) is 0. The molecule has 0 amide bonds. The number of para-hydroxylation sites is 2. The first-order valence-corrected chi connectivity index (χ1v) is 15.6. The second-order valence-electron chi connectivity index (χ2n) is 11.3. The van der Waals surface area contributed by atoms with E-state index in [0.717, 1.165) is 60.9 Å². The highest BCUT2D eigenvalue weighted by Crippen LogP contribution is 2.43. The van der Waals surface area contributed by atoms with Crippen molar-refractivity contribution in [3.63, 3.8) is 0 Å². The minimum Gasteiger partial charge on any atom is -0.456 e. The van der Waals surface area contributed by atoms with Crippen LogP contribution >= 0.6 is 11.3 Å². The quantitative estimate of drug-likeness (QED) is 0.208. The monoisotopic (exact) mass is 581 g/mol. The summed E-state index contributed by atoms with van der Waals surface area (Å²) < 4.78 is 15.2. The minimum absolute atomic E-state index is 0.872. The molecule has 10 aromatic rings. The summed E-state index contributed by atoms with van der Waals surface area (Å²) in [6.45, 7) is 0. The van der Waals surface area contributed by atoms with Gasteiger partial charge in [-0.3, -0.25) is 0 Å². The van der Waals surface area contributed by atoms with Gasteiger partial charge in [-0.1, -0.05) is 72.8 Å². The predicted molar refractivity (Wildman–Crippen MR) is 186 cm³/mol. The molecule has 7 aromatic carbocycles. The average Bonchev–Trinajstić information content (AvgIpc) is 3.75. The van der Waals surface area contributed by atoms with E-state index in [2.05, 4.69) is 120 Å². The number of thiophene rings is 1. The highest BCUT2D eigenvalue weighted by molar-refractivity contribution is 7.26. The van der Waals surface area contributed by atoms with Crippen LogP contribution in [0.15, 0.2) is 148 Å². The second-order valence-corrected chi connectivity index (χ2v) is 12.4. The highest BCUT2D eigenvalue weighted by atomic mass is 32.1. The lowest BCUT2D eigenvalue weighted by molar-refractivity contribution is 0.668. The van der Waals surface area contributed by atoms with Crippen molar-refractivity contribution in [1.29, 1.82) is 0 Å². The van der Waals surface area contributed by atoms with Gasteiger partial charge in [0.15, 0.2) is 0 Å². The summed E-state index contributed by atoms with van der Waals surface area (Å²) in [4.78, 5) is 2.32. The maximum atomic E-state index is 6.34. The van der Waals surface area contributed by atoms with E-state index in [4.69, 9.17) is 8.83 Å². The molecule has 0 saturated carbocycles. The third-order valence-electron chi connectivity index (χ3n) is 8.84. The molecule has 3 heterocycles. The zero-order valence-electron chi connectivity index (χ0n) is 23.5. The average molecular weight is 582 g/mol. The van der Waals surface area contributed by atoms with Crippen LogP contribution < -0.4 is 4.90 Å². The van der Waals surface area contributed by atoms with Gasteiger partial charge in [0, 0.05) is 64.8 Å². The van der Waals surface area contributed by atoms with Crippen LogP contribution in [0.1, 0.15) is 0 Å². The van der Waals surface area contributed by atoms with E-state index in [1.807, 2.05) is 35.6 Å². The summed E-state index contributed by atoms with van der Waals surface area (Å²) in [6.07, 6.45) is 0. The molecule has 44 heavy (non-hydrogen) atoms. The Morgan fingerprint density at radius 2 is 0.955 bits per heavy atom. The van der Waals surface area contributed by atoms with Crippen LogP contribution in [0.3, 0.4) is 0 Å². The molecule has 0 aliphatic carbocycles. The van der Waals surface area contributed by atoms with Gasteiger partial charge >= 0.3 is 0 Å². The normalized spacial score (nSPS) is 12.1. The van der Waals surface area contributed by atoms with E-state index in [-0.39, 0.29) is 0 Å². The molecule has 0 unspecified atom stereocenters. The summed E-state index contributed by atoms with van der Waals surface area (Å²) in [6, 6.07) is 49.5. The number of fused-ring (bicyclic) bond motifs is 11. The van der Waals surface area contributed by atoms with Crippen LogP contribution in [0, 0.1) is 0 Å². The standard InChI is InChI=1S/C40H23NO2S/c1-4-10-35-29(7-1)31-19-15-27(23-38(31)43-35)41(26-16-20-37-34(22-26)30-8-2-5-11-36(30)42-37)25-14-18-28-24(21-25)13-17-33-32-9-3-6-12-39(32)44-40(28)33/h1-23H. The van der Waals surface area contributed by atoms with Crippen molar-refractivity contribution < 1.29 is 8.83 Å². The molecular formula is C40H23NO2S. The highest BCUT2D eigenvalue weighted by Gasteiger charge is 2.18. The summed E-state index contributed by atoms with van der Waals surface area (Å²) in [7, 11) is 0. The molecule has 0 bridgehead atoms. The van der Waals surface area contributed by atoms with E-state index in [1.54, 1.807) is 0 Å². The lowest BCUT2D eigenvalue weighted by Crippen LogP contribution is -2.09. The van der Waals surface area contributed by atoms with Gasteiger partial charge in [-0.2, -0.15) is 0 Å². The first kappa shape index (κ1) is 23.9. The molecule has 0 fully saturated rings. The lowest BCUT2D eigenvalue weighted by Gasteiger charge is -2.26. The smallest absolute Gasteiger partial charge is 0.137 e. The van der Waals surface area contributed by atoms with Gasteiger partial charge < -0.3 is 13.7 Å². The number of furan rings is 2. The number of hydrogen-bond donors (Lipinski definition) is 0. The molecule has 0 aliphatic heterocycles. The predicted octanol–water partition coefficient (Wildman–Crippen LogP) is 12.5. The molecule has 0 aliphatic rings. The van der Waals surface area contributed by atoms with E-state index in [1.165, 1.54) is 30.9 Å². The molecule has 206 valence electrons. The molecular weight excluding hydrogens is 559 g/mol. The summed E-state index contributed by atoms with van der Waals surface area (Å²) >= 11 is 1.87. The number of nitrogens with zero attached hydrogens (tertiary/aromatic N) is 1. The molecule has 3 aromatic heterocycles. The Kier molecular flexibility index (Phi) is 4.87. The Morgan fingerprint density at radius 3 is 1.80 bits per heavy atom. The third-order valence-corrected chi connectivity index (χ3v) is 10.1. The van der Waals surface area contributed by atoms with Gasteiger partial charge in [-0.15, -0.1) is 11.3 Å². The number of benzene rings is 7. The minimum atomic E-state index is 0.872. The van der Waals surface area contributed by atoms with Crippen LogP contribution in [-0.2, 0) is 0 Å². The van der Waals surface area contributed by atoms with Gasteiger partial charge in [-0.25, -0.2) is 0 Å². The first-order chi connectivity index (χ1) is 21.8. The van der Waals surface area contributed by atoms with Crippen molar-refractivity contribution in [1.82, 2.24) is 0 Å². The van der Waals surface area contributed by atoms with Gasteiger partial charge in [0.2, 0.25) is 0 Å². The molecule has 0 N–H and O–H groups in total. The molecule has 0 saturated heterocycles. The maximum absolute atomic E-state index is 6.34. The first-order valence-electron chi connectivity index (χ1n) is 14.8. The van der Waals surface area contributed by atoms with Crippen LogP contribution in [0.2, 0.25) is 0 Å². The van der Waals surface area contributed by atoms with Gasteiger partial charge in [0.05, 0.1) is 0 Å². The Balaban J connectivity index is 1.21. The van der Waals surface area contributed by atoms with Crippen LogP contribution in [0.25, 0.3) is 74.8 Å². The summed E-state index contributed by atoms with van der Waals surface area (Å²) in [5, 5.41) is 9.58. The van der Waals surface area contributed by atoms with Crippen LogP contribution in [0.4, 0.5) is 17.1 Å². The number of anilines is 3. The zero-order valence-corrected chi connectivity index (χ0v) is 24.3. The summed E-state index contributed by atoms with van der Waals surface area (Å²) in [5.41, 5.74) is 6.72. The maximum Gasteiger partial charge on any atom is 0.137 e. The zero-order chi connectivity index (χ0) is 28.8. The Hall–Kier alpha value is -5.58. The van der Waals surface area contributed by atoms with E-state index >= 15 is 0 Å². The fourth-order valence-corrected chi connectivity index (χ4v) is 8.03. The molecule has 4 heteroatoms. The van der Waals surface area contributed by atoms with Gasteiger partial charge in [-0.05, 0) is 71.4 Å². The SMILES string of the molecule is c1ccc2c(c1)oc1cc(N(c3ccc4c(ccc5c6ccccc6sc45)c3)c3ccc4oc5ccccc5c4c3)ccc12. The van der Waals surface area contributed by atoms with Crippen molar-refractivity contribution in [3.05, 3.63) is 140 Å². The van der Waals surface area contributed by atoms with Crippen LogP contribution in [0.5, 0.6) is 0 Å². The van der Waals surface area contributed by atoms with E-state index in [0.29, 0.717) is 0 Å². The van der Waals surface area contributed by atoms with Crippen molar-refractivity contribution in [2.24, 2.45) is 0 Å². The fourth-order valence-electron chi connectivity index (χ4n) is 6.79. The third kappa shape index (κ3) is 3.43. The fraction of sp³-hybridized carbons (Fsp3) is 0. The Morgan fingerprint density at radius 1 is 0.386 bits per heavy atom. The molecule has 3 nitrogen and oxygen atoms in total. The lowest BCUT2D eigenvalue weighted by atomic mass is 10.0. The van der Waals surface area contributed by atoms with E-state index in [9.17, 15) is 0 Å².